The zero-order valence-electron chi connectivity index (χ0n) is 24.2. The monoisotopic (exact) mass is 612 g/mol. The first-order valence-corrected chi connectivity index (χ1v) is 13.6. The highest BCUT2D eigenvalue weighted by Gasteiger charge is 2.08. The van der Waals surface area contributed by atoms with Gasteiger partial charge in [0.25, 0.3) is 11.7 Å². The van der Waals surface area contributed by atoms with Crippen LogP contribution in [0.2, 0.25) is 0 Å². The van der Waals surface area contributed by atoms with E-state index >= 15 is 0 Å². The summed E-state index contributed by atoms with van der Waals surface area (Å²) in [6.07, 6.45) is 12.4. The van der Waals surface area contributed by atoms with Crippen LogP contribution in [0.15, 0.2) is 86.2 Å². The van der Waals surface area contributed by atoms with Gasteiger partial charge in [0.05, 0.1) is 67.3 Å². The number of aromatic nitrogens is 10. The number of ether oxygens (including phenoxy) is 1. The maximum Gasteiger partial charge on any atom is 0.288 e. The van der Waals surface area contributed by atoms with Crippen molar-refractivity contribution in [1.29, 1.82) is 0 Å². The number of H-pyrrole nitrogens is 1. The summed E-state index contributed by atoms with van der Waals surface area (Å²) < 4.78 is 7.25. The fourth-order valence-corrected chi connectivity index (χ4v) is 4.21. The van der Waals surface area contributed by atoms with Crippen LogP contribution in [0.25, 0.3) is 26.9 Å². The minimum atomic E-state index is -0.616. The van der Waals surface area contributed by atoms with Gasteiger partial charge in [-0.15, -0.1) is 4.98 Å². The Labute approximate surface area is 260 Å². The van der Waals surface area contributed by atoms with Crippen molar-refractivity contribution in [3.63, 3.8) is 0 Å². The normalized spacial score (nSPS) is 10.5. The molecule has 0 atom stereocenters. The molecule has 46 heavy (non-hydrogen) atoms. The Hall–Kier alpha value is -7.02. The molecule has 0 spiro atoms. The number of rotatable bonds is 8. The summed E-state index contributed by atoms with van der Waals surface area (Å²) in [5, 5.41) is 6.06. The molecule has 0 unspecified atom stereocenters. The molecule has 0 aliphatic carbocycles. The van der Waals surface area contributed by atoms with Crippen LogP contribution in [0.1, 0.15) is 16.1 Å². The number of nitrogens with one attached hydrogen (secondary N) is 3. The van der Waals surface area contributed by atoms with E-state index in [-0.39, 0.29) is 11.5 Å². The number of primary amides is 1. The summed E-state index contributed by atoms with van der Waals surface area (Å²) in [6.45, 7) is 7.60. The van der Waals surface area contributed by atoms with E-state index in [1.54, 1.807) is 38.2 Å². The number of pyridine rings is 2. The van der Waals surface area contributed by atoms with E-state index in [2.05, 4.69) is 64.9 Å². The summed E-state index contributed by atoms with van der Waals surface area (Å²) in [7, 11) is 1.65. The van der Waals surface area contributed by atoms with Crippen LogP contribution in [0.5, 0.6) is 5.75 Å². The van der Waals surface area contributed by atoms with Gasteiger partial charge in [-0.2, -0.15) is 0 Å². The van der Waals surface area contributed by atoms with Crippen molar-refractivity contribution in [2.24, 2.45) is 5.73 Å². The molecule has 0 fully saturated rings. The first kappa shape index (κ1) is 29.1. The topological polar surface area (TPSA) is 205 Å². The lowest BCUT2D eigenvalue weighted by atomic mass is 10.2. The fraction of sp³-hybridized carbons (Fsp3) is 0.0667. The Morgan fingerprint density at radius 2 is 1.57 bits per heavy atom. The van der Waals surface area contributed by atoms with Gasteiger partial charge in [0.1, 0.15) is 34.4 Å². The molecule has 6 heterocycles. The molecule has 1 amide bonds. The number of amides is 1. The van der Waals surface area contributed by atoms with Crippen LogP contribution >= 0.6 is 0 Å². The maximum atomic E-state index is 10.9. The number of nitrogens with two attached hydrogens (primary N) is 1. The lowest BCUT2D eigenvalue weighted by molar-refractivity contribution is 0.0995. The third kappa shape index (κ3) is 6.79. The van der Waals surface area contributed by atoms with Crippen LogP contribution in [0, 0.1) is 6.57 Å². The third-order valence-corrected chi connectivity index (χ3v) is 6.49. The van der Waals surface area contributed by atoms with Gasteiger partial charge in [0, 0.05) is 18.7 Å². The summed E-state index contributed by atoms with van der Waals surface area (Å²) in [6, 6.07) is 11.6. The molecule has 16 heteroatoms. The average molecular weight is 613 g/mol. The molecular formula is C30H24N14O2. The molecule has 1 aromatic carbocycles. The first-order valence-electron chi connectivity index (χ1n) is 13.6. The van der Waals surface area contributed by atoms with Crippen molar-refractivity contribution in [3.8, 4) is 5.75 Å². The Morgan fingerprint density at radius 1 is 0.848 bits per heavy atom. The third-order valence-electron chi connectivity index (χ3n) is 6.49. The van der Waals surface area contributed by atoms with Crippen LogP contribution in [0.3, 0.4) is 0 Å². The van der Waals surface area contributed by atoms with Gasteiger partial charge < -0.3 is 35.5 Å². The van der Waals surface area contributed by atoms with Gasteiger partial charge in [-0.25, -0.2) is 34.9 Å². The quantitative estimate of drug-likeness (QED) is 0.179. The molecule has 0 aliphatic heterocycles. The zero-order valence-corrected chi connectivity index (χ0v) is 24.2. The number of hydrogen-bond acceptors (Lipinski definition) is 12. The van der Waals surface area contributed by atoms with E-state index in [9.17, 15) is 4.79 Å². The molecule has 226 valence electrons. The van der Waals surface area contributed by atoms with Crippen LogP contribution in [-0.2, 0) is 6.54 Å². The number of nitrogens with zero attached hydrogens (tertiary/aromatic N) is 10. The van der Waals surface area contributed by atoms with Gasteiger partial charge in [0.15, 0.2) is 12.0 Å². The Bertz CT molecular complexity index is 2150. The van der Waals surface area contributed by atoms with Crippen molar-refractivity contribution in [2.45, 2.75) is 6.54 Å². The van der Waals surface area contributed by atoms with Gasteiger partial charge in [-0.1, -0.05) is 18.7 Å². The second-order valence-corrected chi connectivity index (χ2v) is 9.54. The van der Waals surface area contributed by atoms with E-state index in [0.29, 0.717) is 29.8 Å². The minimum absolute atomic E-state index is 0.112. The molecule has 7 aromatic rings. The highest BCUT2D eigenvalue weighted by molar-refractivity contribution is 5.90. The van der Waals surface area contributed by atoms with Crippen molar-refractivity contribution in [1.82, 2.24) is 49.4 Å². The van der Waals surface area contributed by atoms with Crippen LogP contribution in [0.4, 0.5) is 29.1 Å². The van der Waals surface area contributed by atoms with Gasteiger partial charge in [0.2, 0.25) is 0 Å². The highest BCUT2D eigenvalue weighted by Crippen LogP contribution is 2.21. The lowest BCUT2D eigenvalue weighted by Crippen LogP contribution is -2.13. The van der Waals surface area contributed by atoms with Gasteiger partial charge in [-0.3, -0.25) is 4.79 Å². The molecule has 0 radical (unpaired) electrons. The number of benzene rings is 1. The van der Waals surface area contributed by atoms with Gasteiger partial charge >= 0.3 is 0 Å². The fourth-order valence-electron chi connectivity index (χ4n) is 4.21. The smallest absolute Gasteiger partial charge is 0.288 e. The van der Waals surface area contributed by atoms with Gasteiger partial charge in [-0.05, 0) is 17.7 Å². The van der Waals surface area contributed by atoms with Crippen molar-refractivity contribution in [3.05, 3.63) is 109 Å². The molecule has 0 bridgehead atoms. The molecular weight excluding hydrogens is 588 g/mol. The molecule has 5 N–H and O–H groups in total. The summed E-state index contributed by atoms with van der Waals surface area (Å²) >= 11 is 0. The largest absolute Gasteiger partial charge is 0.497 e. The summed E-state index contributed by atoms with van der Waals surface area (Å²) in [5.74, 6) is 2.67. The number of carbonyl (C=O) groups is 1. The Kier molecular flexibility index (Phi) is 8.27. The van der Waals surface area contributed by atoms with E-state index in [1.165, 1.54) is 24.8 Å². The van der Waals surface area contributed by atoms with Crippen LogP contribution in [-0.4, -0.2) is 62.4 Å². The molecule has 0 saturated carbocycles. The molecule has 6 aromatic heterocycles. The van der Waals surface area contributed by atoms with Crippen molar-refractivity contribution in [2.75, 3.05) is 17.7 Å². The molecule has 16 nitrogen and oxygen atoms in total. The zero-order chi connectivity index (χ0) is 31.9. The predicted octanol–water partition coefficient (Wildman–Crippen LogP) is 4.16. The molecule has 7 rings (SSSR count). The number of imidazole rings is 2. The number of methoxy groups -OCH3 is 1. The molecule has 0 saturated heterocycles. The highest BCUT2D eigenvalue weighted by atomic mass is 16.5. The lowest BCUT2D eigenvalue weighted by Gasteiger charge is -2.07. The second-order valence-electron chi connectivity index (χ2n) is 9.54. The van der Waals surface area contributed by atoms with E-state index in [0.717, 1.165) is 33.4 Å². The predicted molar refractivity (Wildman–Crippen MR) is 169 cm³/mol. The Balaban J connectivity index is 0.000000172. The molecule has 0 aliphatic rings. The number of anilines is 4. The SMILES string of the molecule is NC(=O)c1cnc(Nc2cc3nc[nH]c3cn2)cn1.[C-]#[N+]c1cnc(Nc2cc3c(cn2)ncn3Cc2ccc(OC)cc2)cn1. The second kappa shape index (κ2) is 13.1. The van der Waals surface area contributed by atoms with Crippen molar-refractivity contribution < 1.29 is 9.53 Å². The van der Waals surface area contributed by atoms with E-state index in [1.807, 2.05) is 30.3 Å². The number of hydrogen-bond donors (Lipinski definition) is 4. The summed E-state index contributed by atoms with van der Waals surface area (Å²) in [5.41, 5.74) is 9.73. The number of aromatic amines is 1. The van der Waals surface area contributed by atoms with E-state index < -0.39 is 5.91 Å². The van der Waals surface area contributed by atoms with Crippen molar-refractivity contribution >= 4 is 57.1 Å². The first-order chi connectivity index (χ1) is 22.5. The number of carbonyl (C=O) groups excluding carboxylic acids is 1. The maximum absolute atomic E-state index is 10.9. The minimum Gasteiger partial charge on any atom is -0.497 e. The Morgan fingerprint density at radius 3 is 2.24 bits per heavy atom. The standard InChI is InChI=1S/C19H15N7O.C11H9N7O/c1-20-18-9-23-19(10-22-18)25-17-7-16-15(8-21-17)24-12-26(16)11-13-3-5-14(27-2)6-4-13;12-11(19)8-3-15-10(4-13-8)18-9-1-6-7(2-14-9)17-5-16-6/h3-10,12H,11H2,2H3,(H,21,23,25);1-5H,(H2,12,19)(H,16,17)(H,14,15,18). The average Bonchev–Trinajstić information content (AvgIpc) is 3.72. The number of fused-ring (bicyclic) bond motifs is 2. The van der Waals surface area contributed by atoms with E-state index in [4.69, 9.17) is 17.0 Å². The van der Waals surface area contributed by atoms with Crippen LogP contribution < -0.4 is 21.1 Å². The summed E-state index contributed by atoms with van der Waals surface area (Å²) in [4.78, 5) is 50.2.